The third-order valence-electron chi connectivity index (χ3n) is 7.18. The molecule has 0 aromatic heterocycles. The lowest BCUT2D eigenvalue weighted by molar-refractivity contribution is -0.145. The number of piperazine rings is 1. The van der Waals surface area contributed by atoms with Crippen LogP contribution in [0.15, 0.2) is 17.0 Å². The molecule has 2 heterocycles. The normalized spacial score (nSPS) is 23.1. The second-order valence-corrected chi connectivity index (χ2v) is 11.4. The van der Waals surface area contributed by atoms with E-state index in [4.69, 9.17) is 0 Å². The van der Waals surface area contributed by atoms with Crippen LogP contribution in [-0.4, -0.2) is 67.2 Å². The molecule has 0 bridgehead atoms. The first-order valence-electron chi connectivity index (χ1n) is 11.3. The zero-order valence-electron chi connectivity index (χ0n) is 18.8. The molecular formula is C23H33N3O4S. The van der Waals surface area contributed by atoms with E-state index >= 15 is 0 Å². The van der Waals surface area contributed by atoms with Gasteiger partial charge in [-0.3, -0.25) is 19.4 Å². The van der Waals surface area contributed by atoms with Crippen molar-refractivity contribution in [3.63, 3.8) is 0 Å². The van der Waals surface area contributed by atoms with Gasteiger partial charge < -0.3 is 0 Å². The number of benzene rings is 1. The number of hydrogen-bond acceptors (Lipinski definition) is 5. The molecule has 1 aliphatic carbocycles. The van der Waals surface area contributed by atoms with Crippen LogP contribution in [-0.2, 0) is 19.6 Å². The second kappa shape index (κ2) is 8.30. The van der Waals surface area contributed by atoms with E-state index in [1.165, 1.54) is 9.21 Å². The Morgan fingerprint density at radius 2 is 1.48 bits per heavy atom. The molecule has 170 valence electrons. The van der Waals surface area contributed by atoms with Crippen LogP contribution in [0.2, 0.25) is 0 Å². The highest BCUT2D eigenvalue weighted by Gasteiger charge is 2.51. The maximum atomic E-state index is 13.3. The van der Waals surface area contributed by atoms with Gasteiger partial charge in [0.25, 0.3) is 0 Å². The van der Waals surface area contributed by atoms with Crippen LogP contribution in [0.3, 0.4) is 0 Å². The molecule has 1 saturated carbocycles. The largest absolute Gasteiger partial charge is 0.283 e. The van der Waals surface area contributed by atoms with Crippen LogP contribution in [0.1, 0.15) is 55.2 Å². The summed E-state index contributed by atoms with van der Waals surface area (Å²) in [6, 6.07) is 3.81. The minimum Gasteiger partial charge on any atom is -0.283 e. The predicted molar refractivity (Wildman–Crippen MR) is 118 cm³/mol. The number of carbonyl (C=O) groups is 2. The van der Waals surface area contributed by atoms with Crippen molar-refractivity contribution in [2.24, 2.45) is 5.41 Å². The third-order valence-corrected chi connectivity index (χ3v) is 9.38. The summed E-state index contributed by atoms with van der Waals surface area (Å²) < 4.78 is 28.1. The number of rotatable bonds is 4. The molecule has 2 aliphatic heterocycles. The van der Waals surface area contributed by atoms with Gasteiger partial charge in [0.05, 0.1) is 17.0 Å². The van der Waals surface area contributed by atoms with Crippen molar-refractivity contribution in [2.75, 3.05) is 32.8 Å². The van der Waals surface area contributed by atoms with Crippen LogP contribution < -0.4 is 0 Å². The number of carbonyl (C=O) groups excluding carboxylic acids is 2. The van der Waals surface area contributed by atoms with Crippen LogP contribution in [0.4, 0.5) is 0 Å². The van der Waals surface area contributed by atoms with Gasteiger partial charge in [0.15, 0.2) is 0 Å². The van der Waals surface area contributed by atoms with E-state index in [0.29, 0.717) is 37.5 Å². The highest BCUT2D eigenvalue weighted by Crippen LogP contribution is 2.45. The lowest BCUT2D eigenvalue weighted by atomic mass is 9.73. The summed E-state index contributed by atoms with van der Waals surface area (Å²) in [7, 11) is -3.58. The molecule has 1 spiro atoms. The fourth-order valence-electron chi connectivity index (χ4n) is 5.64. The van der Waals surface area contributed by atoms with Crippen LogP contribution in [0, 0.1) is 26.2 Å². The van der Waals surface area contributed by atoms with Gasteiger partial charge in [-0.2, -0.15) is 4.31 Å². The molecule has 0 radical (unpaired) electrons. The molecule has 0 N–H and O–H groups in total. The predicted octanol–water partition coefficient (Wildman–Crippen LogP) is 2.59. The molecule has 31 heavy (non-hydrogen) atoms. The maximum Gasteiger partial charge on any atom is 0.243 e. The number of nitrogens with zero attached hydrogens (tertiary/aromatic N) is 3. The van der Waals surface area contributed by atoms with E-state index < -0.39 is 15.4 Å². The lowest BCUT2D eigenvalue weighted by Crippen LogP contribution is -2.53. The highest BCUT2D eigenvalue weighted by molar-refractivity contribution is 7.89. The van der Waals surface area contributed by atoms with Gasteiger partial charge in [-0.15, -0.1) is 0 Å². The average Bonchev–Trinajstić information content (AvgIpc) is 2.92. The first-order valence-corrected chi connectivity index (χ1v) is 12.7. The Kier molecular flexibility index (Phi) is 6.00. The first kappa shape index (κ1) is 22.4. The molecule has 8 heteroatoms. The number of sulfonamides is 1. The Hall–Kier alpha value is -1.77. The second-order valence-electron chi connectivity index (χ2n) is 9.54. The number of aryl methyl sites for hydroxylation is 3. The van der Waals surface area contributed by atoms with E-state index in [2.05, 4.69) is 0 Å². The zero-order chi connectivity index (χ0) is 22.4. The quantitative estimate of drug-likeness (QED) is 0.663. The fraction of sp³-hybridized carbons (Fsp3) is 0.652. The first-order chi connectivity index (χ1) is 14.6. The summed E-state index contributed by atoms with van der Waals surface area (Å²) >= 11 is 0. The topological polar surface area (TPSA) is 78.0 Å². The summed E-state index contributed by atoms with van der Waals surface area (Å²) in [6.07, 6.45) is 5.14. The summed E-state index contributed by atoms with van der Waals surface area (Å²) in [5.74, 6) is -0.0917. The van der Waals surface area contributed by atoms with Crippen molar-refractivity contribution in [2.45, 2.75) is 64.2 Å². The van der Waals surface area contributed by atoms with Gasteiger partial charge in [-0.1, -0.05) is 37.0 Å². The van der Waals surface area contributed by atoms with Crippen LogP contribution in [0.5, 0.6) is 0 Å². The summed E-state index contributed by atoms with van der Waals surface area (Å²) in [5.41, 5.74) is 2.12. The SMILES string of the molecule is Cc1cc(C)c(S(=O)(=O)N2CCN(CN3C(=O)CC4(CCCCC4)C3=O)CC2)c(C)c1. The van der Waals surface area contributed by atoms with E-state index in [0.717, 1.165) is 48.8 Å². The van der Waals surface area contributed by atoms with Crippen molar-refractivity contribution in [1.29, 1.82) is 0 Å². The molecule has 4 rings (SSSR count). The molecule has 0 atom stereocenters. The van der Waals surface area contributed by atoms with Gasteiger partial charge in [-0.25, -0.2) is 8.42 Å². The Morgan fingerprint density at radius 3 is 2.06 bits per heavy atom. The van der Waals surface area contributed by atoms with Crippen molar-refractivity contribution < 1.29 is 18.0 Å². The van der Waals surface area contributed by atoms with Crippen LogP contribution >= 0.6 is 0 Å². The third kappa shape index (κ3) is 4.05. The number of likely N-dealkylation sites (tertiary alicyclic amines) is 1. The summed E-state index contributed by atoms with van der Waals surface area (Å²) in [5, 5.41) is 0. The van der Waals surface area contributed by atoms with E-state index in [-0.39, 0.29) is 18.5 Å². The number of imide groups is 1. The van der Waals surface area contributed by atoms with Crippen molar-refractivity contribution in [3.8, 4) is 0 Å². The molecule has 3 fully saturated rings. The standard InChI is InChI=1S/C23H33N3O4S/c1-17-13-18(2)21(19(3)14-17)31(29,30)25-11-9-24(10-12-25)16-26-20(27)15-23(22(26)28)7-5-4-6-8-23/h13-14H,4-12,15-16H2,1-3H3. The van der Waals surface area contributed by atoms with Gasteiger partial charge in [0, 0.05) is 32.6 Å². The summed E-state index contributed by atoms with van der Waals surface area (Å²) in [6.45, 7) is 7.65. The zero-order valence-corrected chi connectivity index (χ0v) is 19.6. The molecule has 0 unspecified atom stereocenters. The van der Waals surface area contributed by atoms with Crippen molar-refractivity contribution in [1.82, 2.24) is 14.1 Å². The molecule has 3 aliphatic rings. The van der Waals surface area contributed by atoms with E-state index in [1.54, 1.807) is 0 Å². The van der Waals surface area contributed by atoms with Crippen molar-refractivity contribution in [3.05, 3.63) is 28.8 Å². The van der Waals surface area contributed by atoms with Gasteiger partial charge in [-0.05, 0) is 44.7 Å². The molecule has 2 amide bonds. The Morgan fingerprint density at radius 1 is 0.903 bits per heavy atom. The minimum absolute atomic E-state index is 0.0156. The molecule has 2 saturated heterocycles. The Balaban J connectivity index is 1.41. The van der Waals surface area contributed by atoms with E-state index in [9.17, 15) is 18.0 Å². The lowest BCUT2D eigenvalue weighted by Gasteiger charge is -2.36. The monoisotopic (exact) mass is 447 g/mol. The van der Waals surface area contributed by atoms with Crippen LogP contribution in [0.25, 0.3) is 0 Å². The summed E-state index contributed by atoms with van der Waals surface area (Å²) in [4.78, 5) is 29.5. The number of hydrogen-bond donors (Lipinski definition) is 0. The minimum atomic E-state index is -3.58. The smallest absolute Gasteiger partial charge is 0.243 e. The van der Waals surface area contributed by atoms with Crippen molar-refractivity contribution >= 4 is 21.8 Å². The molecular weight excluding hydrogens is 414 g/mol. The highest BCUT2D eigenvalue weighted by atomic mass is 32.2. The Labute approximate surface area is 185 Å². The molecule has 1 aromatic rings. The molecule has 7 nitrogen and oxygen atoms in total. The molecule has 1 aromatic carbocycles. The van der Waals surface area contributed by atoms with Gasteiger partial charge >= 0.3 is 0 Å². The maximum absolute atomic E-state index is 13.3. The van der Waals surface area contributed by atoms with E-state index in [1.807, 2.05) is 37.8 Å². The van der Waals surface area contributed by atoms with Gasteiger partial charge in [0.2, 0.25) is 21.8 Å². The fourth-order valence-corrected chi connectivity index (χ4v) is 7.47. The number of amides is 2. The van der Waals surface area contributed by atoms with Gasteiger partial charge in [0.1, 0.15) is 0 Å². The Bertz CT molecular complexity index is 967. The average molecular weight is 448 g/mol.